The Hall–Kier alpha value is -4.29. The lowest BCUT2D eigenvalue weighted by Crippen LogP contribution is -2.45. The van der Waals surface area contributed by atoms with Gasteiger partial charge in [0.2, 0.25) is 0 Å². The molecule has 2 aromatic rings. The number of methoxy groups -OCH3 is 2. The molecular formula is C34H48N4O8. The maximum absolute atomic E-state index is 13.1. The summed E-state index contributed by atoms with van der Waals surface area (Å²) < 4.78 is 15.5. The zero-order valence-electron chi connectivity index (χ0n) is 27.3. The Labute approximate surface area is 271 Å². The van der Waals surface area contributed by atoms with E-state index in [2.05, 4.69) is 11.9 Å². The Morgan fingerprint density at radius 2 is 1.37 bits per heavy atom. The molecule has 4 rings (SSSR count). The number of aryl methyl sites for hydroxylation is 2. The molecule has 0 aliphatic carbocycles. The minimum Gasteiger partial charge on any atom is -0.496 e. The van der Waals surface area contributed by atoms with E-state index in [1.807, 2.05) is 13.8 Å². The second-order valence-electron chi connectivity index (χ2n) is 11.5. The highest BCUT2D eigenvalue weighted by molar-refractivity contribution is 6.03. The largest absolute Gasteiger partial charge is 0.496 e. The number of nitrogen functional groups attached to an aromatic ring is 1. The van der Waals surface area contributed by atoms with Crippen molar-refractivity contribution < 1.29 is 38.8 Å². The lowest BCUT2D eigenvalue weighted by Gasteiger charge is -2.35. The molecule has 0 bridgehead atoms. The normalized spacial score (nSPS) is 17.7. The lowest BCUT2D eigenvalue weighted by atomic mass is 10.00. The van der Waals surface area contributed by atoms with E-state index in [0.717, 1.165) is 49.7 Å². The maximum Gasteiger partial charge on any atom is 0.411 e. The number of aliphatic hydroxyl groups is 2. The van der Waals surface area contributed by atoms with E-state index in [0.29, 0.717) is 47.1 Å². The van der Waals surface area contributed by atoms with Crippen LogP contribution in [0.25, 0.3) is 0 Å². The van der Waals surface area contributed by atoms with Crippen LogP contribution in [-0.2, 0) is 4.74 Å². The van der Waals surface area contributed by atoms with Crippen molar-refractivity contribution in [3.63, 3.8) is 0 Å². The van der Waals surface area contributed by atoms with Crippen LogP contribution in [0.15, 0.2) is 36.9 Å². The fourth-order valence-electron chi connectivity index (χ4n) is 5.81. The zero-order chi connectivity index (χ0) is 33.8. The van der Waals surface area contributed by atoms with Crippen LogP contribution in [-0.4, -0.2) is 97.1 Å². The van der Waals surface area contributed by atoms with E-state index < -0.39 is 6.09 Å². The number of anilines is 2. The van der Waals surface area contributed by atoms with E-state index in [1.165, 1.54) is 13.2 Å². The number of ether oxygens (including phenoxy) is 3. The van der Waals surface area contributed by atoms with Crippen molar-refractivity contribution in [3.8, 4) is 11.5 Å². The Kier molecular flexibility index (Phi) is 13.7. The molecule has 2 aliphatic heterocycles. The van der Waals surface area contributed by atoms with Crippen LogP contribution in [0.5, 0.6) is 11.5 Å². The highest BCUT2D eigenvalue weighted by atomic mass is 16.5. The molecule has 0 spiro atoms. The quantitative estimate of drug-likeness (QED) is 0.231. The predicted molar refractivity (Wildman–Crippen MR) is 177 cm³/mol. The van der Waals surface area contributed by atoms with Crippen molar-refractivity contribution in [3.05, 3.63) is 59.2 Å². The summed E-state index contributed by atoms with van der Waals surface area (Å²) in [4.78, 5) is 41.1. The number of likely N-dealkylation sites (tertiary alicyclic amines) is 2. The van der Waals surface area contributed by atoms with Gasteiger partial charge in [0.05, 0.1) is 56.3 Å². The molecule has 2 aliphatic rings. The number of nitrogens with one attached hydrogen (secondary N) is 1. The smallest absolute Gasteiger partial charge is 0.411 e. The third-order valence-corrected chi connectivity index (χ3v) is 8.33. The number of hydrogen-bond donors (Lipinski definition) is 4. The SMILES string of the molecule is C=CCOC(=O)Nc1cc(C)c(OC)cc1C(=O)N1CCCC[C@H]1CO.COc1cc(C(=O)N2CCCC[C@H]2CO)c(N)cc1C. The number of rotatable bonds is 9. The van der Waals surface area contributed by atoms with Crippen LogP contribution >= 0.6 is 0 Å². The lowest BCUT2D eigenvalue weighted by molar-refractivity contribution is 0.0499. The van der Waals surface area contributed by atoms with E-state index in [-0.39, 0.29) is 43.7 Å². The number of nitrogens with zero attached hydrogens (tertiary/aromatic N) is 2. The van der Waals surface area contributed by atoms with E-state index in [9.17, 15) is 24.6 Å². The molecule has 3 amide bonds. The van der Waals surface area contributed by atoms with Gasteiger partial charge in [-0.1, -0.05) is 12.7 Å². The second-order valence-corrected chi connectivity index (χ2v) is 11.5. The average Bonchev–Trinajstić information content (AvgIpc) is 3.07. The molecule has 0 aromatic heterocycles. The first-order valence-electron chi connectivity index (χ1n) is 15.6. The third kappa shape index (κ3) is 8.91. The van der Waals surface area contributed by atoms with Gasteiger partial charge in [-0.05, 0) is 87.8 Å². The van der Waals surface area contributed by atoms with Gasteiger partial charge in [0.25, 0.3) is 11.8 Å². The van der Waals surface area contributed by atoms with Gasteiger partial charge < -0.3 is 40.0 Å². The maximum atomic E-state index is 13.1. The summed E-state index contributed by atoms with van der Waals surface area (Å²) >= 11 is 0. The van der Waals surface area contributed by atoms with Gasteiger partial charge in [-0.3, -0.25) is 14.9 Å². The van der Waals surface area contributed by atoms with Crippen molar-refractivity contribution in [2.45, 2.75) is 64.5 Å². The first-order valence-corrected chi connectivity index (χ1v) is 15.6. The van der Waals surface area contributed by atoms with Crippen molar-refractivity contribution in [2.24, 2.45) is 0 Å². The summed E-state index contributed by atoms with van der Waals surface area (Å²) in [6, 6.07) is 6.41. The van der Waals surface area contributed by atoms with Gasteiger partial charge in [-0.15, -0.1) is 0 Å². The molecule has 2 heterocycles. The molecule has 0 radical (unpaired) electrons. The average molecular weight is 641 g/mol. The Morgan fingerprint density at radius 3 is 1.87 bits per heavy atom. The van der Waals surface area contributed by atoms with Gasteiger partial charge in [0, 0.05) is 18.8 Å². The third-order valence-electron chi connectivity index (χ3n) is 8.33. The minimum atomic E-state index is -0.666. The molecule has 2 aromatic carbocycles. The van der Waals surface area contributed by atoms with Crippen LogP contribution < -0.4 is 20.5 Å². The molecule has 12 nitrogen and oxygen atoms in total. The topological polar surface area (TPSA) is 164 Å². The van der Waals surface area contributed by atoms with E-state index in [1.54, 1.807) is 41.2 Å². The molecule has 2 saturated heterocycles. The van der Waals surface area contributed by atoms with Gasteiger partial charge >= 0.3 is 6.09 Å². The number of piperidine rings is 2. The summed E-state index contributed by atoms with van der Waals surface area (Å²) in [5.41, 5.74) is 9.22. The van der Waals surface area contributed by atoms with Crippen LogP contribution in [0.3, 0.4) is 0 Å². The summed E-state index contributed by atoms with van der Waals surface area (Å²) in [5.74, 6) is 0.830. The molecule has 5 N–H and O–H groups in total. The van der Waals surface area contributed by atoms with Crippen molar-refractivity contribution in [1.82, 2.24) is 9.80 Å². The highest BCUT2D eigenvalue weighted by Crippen LogP contribution is 2.30. The summed E-state index contributed by atoms with van der Waals surface area (Å²) in [6.07, 6.45) is 6.26. The summed E-state index contributed by atoms with van der Waals surface area (Å²) in [6.45, 7) is 8.43. The van der Waals surface area contributed by atoms with Gasteiger partial charge in [0.15, 0.2) is 0 Å². The molecule has 46 heavy (non-hydrogen) atoms. The fourth-order valence-corrected chi connectivity index (χ4v) is 5.81. The summed E-state index contributed by atoms with van der Waals surface area (Å²) in [7, 11) is 3.10. The first-order chi connectivity index (χ1) is 22.1. The predicted octanol–water partition coefficient (Wildman–Crippen LogP) is 4.30. The highest BCUT2D eigenvalue weighted by Gasteiger charge is 2.30. The van der Waals surface area contributed by atoms with Crippen LogP contribution in [0.2, 0.25) is 0 Å². The van der Waals surface area contributed by atoms with Gasteiger partial charge in [0.1, 0.15) is 18.1 Å². The Bertz CT molecular complexity index is 1380. The number of carbonyl (C=O) groups excluding carboxylic acids is 3. The van der Waals surface area contributed by atoms with Crippen LogP contribution in [0.4, 0.5) is 16.2 Å². The van der Waals surface area contributed by atoms with Crippen LogP contribution in [0.1, 0.15) is 70.4 Å². The Morgan fingerprint density at radius 1 is 0.870 bits per heavy atom. The standard InChI is InChI=1S/C19H26N2O5.C15H22N2O3/c1-4-9-26-19(24)20-16-10-13(2)17(25-3)11-15(16)18(23)21-8-6-5-7-14(21)12-22;1-10-7-13(16)12(8-14(10)20-2)15(19)17-6-4-3-5-11(17)9-18/h4,10-11,14,22H,1,5-9,12H2,2-3H3,(H,20,24);7-8,11,18H,3-6,9,16H2,1-2H3/t14-;11-/m00/s1. The number of amides is 3. The molecule has 2 atom stereocenters. The summed E-state index contributed by atoms with van der Waals surface area (Å²) in [5, 5.41) is 21.6. The van der Waals surface area contributed by atoms with Gasteiger partial charge in [-0.25, -0.2) is 4.79 Å². The zero-order valence-corrected chi connectivity index (χ0v) is 27.3. The van der Waals surface area contributed by atoms with Gasteiger partial charge in [-0.2, -0.15) is 0 Å². The molecule has 2 fully saturated rings. The Balaban J connectivity index is 0.000000259. The number of aliphatic hydroxyl groups excluding tert-OH is 2. The van der Waals surface area contributed by atoms with Crippen LogP contribution in [0, 0.1) is 13.8 Å². The molecule has 0 unspecified atom stereocenters. The van der Waals surface area contributed by atoms with E-state index >= 15 is 0 Å². The first kappa shape index (κ1) is 36.2. The number of benzene rings is 2. The van der Waals surface area contributed by atoms with Crippen molar-refractivity contribution in [2.75, 3.05) is 58.2 Å². The molecule has 252 valence electrons. The number of carbonyl (C=O) groups is 3. The van der Waals surface area contributed by atoms with Crippen molar-refractivity contribution in [1.29, 1.82) is 0 Å². The molecule has 12 heteroatoms. The second kappa shape index (κ2) is 17.4. The number of hydrogen-bond acceptors (Lipinski definition) is 9. The minimum absolute atomic E-state index is 0.00532. The molecule has 0 saturated carbocycles. The monoisotopic (exact) mass is 640 g/mol. The van der Waals surface area contributed by atoms with E-state index in [4.69, 9.17) is 19.9 Å². The van der Waals surface area contributed by atoms with Crippen molar-refractivity contribution >= 4 is 29.3 Å². The molecular weight excluding hydrogens is 592 g/mol. The number of nitrogens with two attached hydrogens (primary N) is 1. The fraction of sp³-hybridized carbons (Fsp3) is 0.500.